The molecule has 1 aromatic rings. The SMILES string of the molecule is CC[C@@H]1OCC[C@H]1NS(=O)(=O)c1sccc1Cl. The summed E-state index contributed by atoms with van der Waals surface area (Å²) in [6.45, 7) is 2.58. The molecule has 1 N–H and O–H groups in total. The van der Waals surface area contributed by atoms with Crippen LogP contribution in [-0.2, 0) is 14.8 Å². The van der Waals surface area contributed by atoms with Gasteiger partial charge in [-0.25, -0.2) is 13.1 Å². The van der Waals surface area contributed by atoms with Gasteiger partial charge >= 0.3 is 0 Å². The summed E-state index contributed by atoms with van der Waals surface area (Å²) in [6.07, 6.45) is 1.47. The van der Waals surface area contributed by atoms with Crippen molar-refractivity contribution in [1.29, 1.82) is 0 Å². The minimum Gasteiger partial charge on any atom is -0.377 e. The van der Waals surface area contributed by atoms with E-state index in [4.69, 9.17) is 16.3 Å². The fraction of sp³-hybridized carbons (Fsp3) is 0.600. The molecule has 0 aliphatic carbocycles. The van der Waals surface area contributed by atoms with E-state index >= 15 is 0 Å². The van der Waals surface area contributed by atoms with E-state index in [1.807, 2.05) is 6.92 Å². The summed E-state index contributed by atoms with van der Waals surface area (Å²) >= 11 is 6.97. The van der Waals surface area contributed by atoms with Gasteiger partial charge in [0.25, 0.3) is 10.0 Å². The highest BCUT2D eigenvalue weighted by atomic mass is 35.5. The first-order valence-corrected chi connectivity index (χ1v) is 8.15. The predicted octanol–water partition coefficient (Wildman–Crippen LogP) is 2.25. The maximum atomic E-state index is 12.1. The van der Waals surface area contributed by atoms with Gasteiger partial charge in [0, 0.05) is 6.61 Å². The molecule has 7 heteroatoms. The molecular formula is C10H14ClNO3S2. The monoisotopic (exact) mass is 295 g/mol. The summed E-state index contributed by atoms with van der Waals surface area (Å²) in [5.74, 6) is 0. The van der Waals surface area contributed by atoms with Crippen LogP contribution in [0, 0.1) is 0 Å². The number of nitrogens with one attached hydrogen (secondary N) is 1. The summed E-state index contributed by atoms with van der Waals surface area (Å²) in [4.78, 5) is 0. The lowest BCUT2D eigenvalue weighted by Gasteiger charge is -2.17. The van der Waals surface area contributed by atoms with Crippen LogP contribution in [0.2, 0.25) is 5.02 Å². The summed E-state index contributed by atoms with van der Waals surface area (Å²) in [5.41, 5.74) is 0. The van der Waals surface area contributed by atoms with Crippen molar-refractivity contribution in [3.63, 3.8) is 0 Å². The summed E-state index contributed by atoms with van der Waals surface area (Å²) < 4.78 is 32.5. The van der Waals surface area contributed by atoms with Gasteiger partial charge in [0.2, 0.25) is 0 Å². The molecule has 0 spiro atoms. The molecule has 0 aromatic carbocycles. The number of ether oxygens (including phenoxy) is 1. The number of hydrogen-bond acceptors (Lipinski definition) is 4. The van der Waals surface area contributed by atoms with Gasteiger partial charge in [-0.2, -0.15) is 0 Å². The van der Waals surface area contributed by atoms with E-state index in [0.29, 0.717) is 13.0 Å². The van der Waals surface area contributed by atoms with Gasteiger partial charge < -0.3 is 4.74 Å². The number of sulfonamides is 1. The van der Waals surface area contributed by atoms with E-state index in [2.05, 4.69) is 4.72 Å². The van der Waals surface area contributed by atoms with Gasteiger partial charge in [0.1, 0.15) is 0 Å². The predicted molar refractivity (Wildman–Crippen MR) is 68.1 cm³/mol. The molecule has 1 aromatic heterocycles. The number of rotatable bonds is 4. The Bertz CT molecular complexity index is 485. The molecule has 2 atom stereocenters. The summed E-state index contributed by atoms with van der Waals surface area (Å²) in [6, 6.07) is 1.44. The molecule has 1 saturated heterocycles. The normalized spacial score (nSPS) is 25.3. The molecule has 17 heavy (non-hydrogen) atoms. The third kappa shape index (κ3) is 2.82. The molecule has 0 amide bonds. The summed E-state index contributed by atoms with van der Waals surface area (Å²) in [7, 11) is -3.52. The van der Waals surface area contributed by atoms with Crippen molar-refractivity contribution in [2.24, 2.45) is 0 Å². The van der Waals surface area contributed by atoms with Gasteiger partial charge in [-0.15, -0.1) is 11.3 Å². The first-order valence-electron chi connectivity index (χ1n) is 5.41. The zero-order valence-electron chi connectivity index (χ0n) is 9.35. The first-order chi connectivity index (χ1) is 8.04. The largest absolute Gasteiger partial charge is 0.377 e. The molecule has 0 saturated carbocycles. The third-order valence-corrected chi connectivity index (χ3v) is 6.26. The van der Waals surface area contributed by atoms with Crippen molar-refractivity contribution >= 4 is 33.0 Å². The fourth-order valence-electron chi connectivity index (χ4n) is 1.91. The van der Waals surface area contributed by atoms with E-state index in [-0.39, 0.29) is 21.4 Å². The maximum Gasteiger partial charge on any atom is 0.251 e. The Balaban J connectivity index is 2.16. The number of thiophene rings is 1. The second-order valence-corrected chi connectivity index (χ2v) is 7.12. The Morgan fingerprint density at radius 2 is 2.41 bits per heavy atom. The van der Waals surface area contributed by atoms with Crippen molar-refractivity contribution in [3.8, 4) is 0 Å². The average molecular weight is 296 g/mol. The lowest BCUT2D eigenvalue weighted by atomic mass is 10.1. The van der Waals surface area contributed by atoms with Crippen molar-refractivity contribution in [2.45, 2.75) is 36.1 Å². The average Bonchev–Trinajstić information content (AvgIpc) is 2.86. The Kier molecular flexibility index (Phi) is 4.10. The van der Waals surface area contributed by atoms with Crippen LogP contribution in [-0.4, -0.2) is 27.2 Å². The molecule has 1 aliphatic heterocycles. The highest BCUT2D eigenvalue weighted by Crippen LogP contribution is 2.28. The lowest BCUT2D eigenvalue weighted by Crippen LogP contribution is -2.39. The number of hydrogen-bond donors (Lipinski definition) is 1. The van der Waals surface area contributed by atoms with Crippen LogP contribution in [0.15, 0.2) is 15.7 Å². The molecule has 0 unspecified atom stereocenters. The summed E-state index contributed by atoms with van der Waals surface area (Å²) in [5, 5.41) is 1.94. The Hall–Kier alpha value is -0.140. The van der Waals surface area contributed by atoms with E-state index in [9.17, 15) is 8.42 Å². The standard InChI is InChI=1S/C10H14ClNO3S2/c1-2-9-8(3-5-15-9)12-17(13,14)10-7(11)4-6-16-10/h4,6,8-9,12H,2-3,5H2,1H3/t8-,9+/m1/s1. The van der Waals surface area contributed by atoms with Crippen molar-refractivity contribution in [1.82, 2.24) is 4.72 Å². The van der Waals surface area contributed by atoms with E-state index in [1.165, 1.54) is 0 Å². The van der Waals surface area contributed by atoms with Crippen molar-refractivity contribution in [3.05, 3.63) is 16.5 Å². The first kappa shape index (κ1) is 13.3. The zero-order valence-corrected chi connectivity index (χ0v) is 11.7. The van der Waals surface area contributed by atoms with Crippen LogP contribution in [0.4, 0.5) is 0 Å². The molecule has 1 fully saturated rings. The van der Waals surface area contributed by atoms with Crippen LogP contribution in [0.25, 0.3) is 0 Å². The zero-order chi connectivity index (χ0) is 12.5. The second-order valence-electron chi connectivity index (χ2n) is 3.89. The minimum atomic E-state index is -3.52. The van der Waals surface area contributed by atoms with E-state index in [1.54, 1.807) is 11.4 Å². The molecule has 96 valence electrons. The molecule has 0 radical (unpaired) electrons. The van der Waals surface area contributed by atoms with Crippen molar-refractivity contribution < 1.29 is 13.2 Å². The molecule has 0 bridgehead atoms. The molecule has 2 rings (SSSR count). The van der Waals surface area contributed by atoms with Gasteiger partial charge in [0.15, 0.2) is 4.21 Å². The van der Waals surface area contributed by atoms with Crippen LogP contribution in [0.3, 0.4) is 0 Å². The van der Waals surface area contributed by atoms with Crippen LogP contribution >= 0.6 is 22.9 Å². The minimum absolute atomic E-state index is 0.0384. The van der Waals surface area contributed by atoms with E-state index in [0.717, 1.165) is 17.8 Å². The van der Waals surface area contributed by atoms with Crippen molar-refractivity contribution in [2.75, 3.05) is 6.61 Å². The maximum absolute atomic E-state index is 12.1. The van der Waals surface area contributed by atoms with Gasteiger partial charge in [-0.1, -0.05) is 18.5 Å². The quantitative estimate of drug-likeness (QED) is 0.927. The van der Waals surface area contributed by atoms with Gasteiger partial charge in [-0.05, 0) is 24.3 Å². The third-order valence-electron chi connectivity index (χ3n) is 2.75. The highest BCUT2D eigenvalue weighted by molar-refractivity contribution is 7.91. The van der Waals surface area contributed by atoms with Crippen LogP contribution in [0.5, 0.6) is 0 Å². The highest BCUT2D eigenvalue weighted by Gasteiger charge is 2.32. The lowest BCUT2D eigenvalue weighted by molar-refractivity contribution is 0.0990. The van der Waals surface area contributed by atoms with Crippen LogP contribution < -0.4 is 4.72 Å². The number of halogens is 1. The van der Waals surface area contributed by atoms with Gasteiger partial charge in [0.05, 0.1) is 17.2 Å². The Morgan fingerprint density at radius 1 is 1.65 bits per heavy atom. The molecular weight excluding hydrogens is 282 g/mol. The van der Waals surface area contributed by atoms with E-state index < -0.39 is 10.0 Å². The topological polar surface area (TPSA) is 55.4 Å². The fourth-order valence-corrected chi connectivity index (χ4v) is 4.91. The van der Waals surface area contributed by atoms with Crippen LogP contribution in [0.1, 0.15) is 19.8 Å². The Morgan fingerprint density at radius 3 is 3.00 bits per heavy atom. The second kappa shape index (κ2) is 5.24. The molecule has 2 heterocycles. The smallest absolute Gasteiger partial charge is 0.251 e. The Labute approximate surface area is 110 Å². The molecule has 4 nitrogen and oxygen atoms in total. The van der Waals surface area contributed by atoms with Gasteiger partial charge in [-0.3, -0.25) is 0 Å². The molecule has 1 aliphatic rings.